The quantitative estimate of drug-likeness (QED) is 0.784. The number of ether oxygens (including phenoxy) is 1. The largest absolute Gasteiger partial charge is 0.374 e. The first-order chi connectivity index (χ1) is 10.1. The zero-order chi connectivity index (χ0) is 14.9. The van der Waals surface area contributed by atoms with Crippen LogP contribution in [0.4, 0.5) is 0 Å². The molecule has 110 valence electrons. The Balaban J connectivity index is 2.13. The van der Waals surface area contributed by atoms with E-state index in [1.807, 2.05) is 0 Å². The van der Waals surface area contributed by atoms with E-state index in [-0.39, 0.29) is 11.5 Å². The van der Waals surface area contributed by atoms with Gasteiger partial charge < -0.3 is 4.74 Å². The fourth-order valence-electron chi connectivity index (χ4n) is 3.65. The van der Waals surface area contributed by atoms with Gasteiger partial charge in [0.1, 0.15) is 0 Å². The molecule has 0 saturated carbocycles. The van der Waals surface area contributed by atoms with Gasteiger partial charge in [-0.3, -0.25) is 0 Å². The highest BCUT2D eigenvalue weighted by Gasteiger charge is 2.49. The van der Waals surface area contributed by atoms with Crippen molar-refractivity contribution in [3.05, 3.63) is 71.8 Å². The summed E-state index contributed by atoms with van der Waals surface area (Å²) in [7, 11) is 0. The molecule has 0 N–H and O–H groups in total. The van der Waals surface area contributed by atoms with Gasteiger partial charge in [0, 0.05) is 5.41 Å². The molecule has 1 fully saturated rings. The lowest BCUT2D eigenvalue weighted by Gasteiger charge is -2.33. The first-order valence-electron chi connectivity index (χ1n) is 7.91. The lowest BCUT2D eigenvalue weighted by molar-refractivity contribution is 0.0208. The molecule has 0 radical (unpaired) electrons. The molecule has 2 aromatic carbocycles. The van der Waals surface area contributed by atoms with Crippen molar-refractivity contribution < 1.29 is 4.74 Å². The van der Waals surface area contributed by atoms with Crippen molar-refractivity contribution in [3.8, 4) is 0 Å². The number of benzene rings is 2. The molecule has 0 spiro atoms. The highest BCUT2D eigenvalue weighted by molar-refractivity contribution is 5.42. The average Bonchev–Trinajstić information content (AvgIpc) is 2.88. The average molecular weight is 280 g/mol. The van der Waals surface area contributed by atoms with E-state index in [0.717, 1.165) is 6.42 Å². The molecular formula is C20H24O. The van der Waals surface area contributed by atoms with Crippen molar-refractivity contribution in [2.24, 2.45) is 5.92 Å². The number of hydrogen-bond donors (Lipinski definition) is 0. The molecule has 1 saturated heterocycles. The molecule has 1 nitrogen and oxygen atoms in total. The molecule has 2 aromatic rings. The van der Waals surface area contributed by atoms with E-state index < -0.39 is 0 Å². The summed E-state index contributed by atoms with van der Waals surface area (Å²) in [5.74, 6) is 0.543. The predicted molar refractivity (Wildman–Crippen MR) is 87.5 cm³/mol. The zero-order valence-corrected chi connectivity index (χ0v) is 13.1. The molecule has 21 heavy (non-hydrogen) atoms. The van der Waals surface area contributed by atoms with Crippen LogP contribution in [0, 0.1) is 5.92 Å². The van der Waals surface area contributed by atoms with Crippen molar-refractivity contribution in [2.75, 3.05) is 0 Å². The minimum Gasteiger partial charge on any atom is -0.374 e. The topological polar surface area (TPSA) is 9.23 Å². The highest BCUT2D eigenvalue weighted by atomic mass is 16.5. The molecule has 2 atom stereocenters. The Hall–Kier alpha value is -1.60. The zero-order valence-electron chi connectivity index (χ0n) is 13.1. The normalized spacial score (nSPS) is 24.4. The Morgan fingerprint density at radius 1 is 0.905 bits per heavy atom. The van der Waals surface area contributed by atoms with Crippen LogP contribution in [0.25, 0.3) is 0 Å². The lowest BCUT2D eigenvalue weighted by atomic mass is 9.68. The molecular weight excluding hydrogens is 256 g/mol. The van der Waals surface area contributed by atoms with Crippen molar-refractivity contribution in [2.45, 2.75) is 44.8 Å². The predicted octanol–water partition coefficient (Wildman–Crippen LogP) is 4.81. The van der Waals surface area contributed by atoms with Gasteiger partial charge in [-0.05, 0) is 30.4 Å². The Labute approximate surface area is 128 Å². The van der Waals surface area contributed by atoms with Crippen LogP contribution in [0.3, 0.4) is 0 Å². The SMILES string of the molecule is CC(C)C1CC(c2ccccc2)(c2ccccc2)[C@H](C)O1. The van der Waals surface area contributed by atoms with Crippen LogP contribution in [0.5, 0.6) is 0 Å². The van der Waals surface area contributed by atoms with Gasteiger partial charge in [0.15, 0.2) is 0 Å². The summed E-state index contributed by atoms with van der Waals surface area (Å²) >= 11 is 0. The monoisotopic (exact) mass is 280 g/mol. The number of hydrogen-bond acceptors (Lipinski definition) is 1. The van der Waals surface area contributed by atoms with E-state index in [9.17, 15) is 0 Å². The molecule has 0 amide bonds. The van der Waals surface area contributed by atoms with Crippen LogP contribution in [0.2, 0.25) is 0 Å². The van der Waals surface area contributed by atoms with E-state index in [2.05, 4.69) is 81.4 Å². The first kappa shape index (κ1) is 14.3. The minimum atomic E-state index is -0.0303. The summed E-state index contributed by atoms with van der Waals surface area (Å²) in [6.45, 7) is 6.73. The molecule has 0 bridgehead atoms. The molecule has 0 aliphatic carbocycles. The maximum atomic E-state index is 6.35. The van der Waals surface area contributed by atoms with Crippen molar-refractivity contribution >= 4 is 0 Å². The second kappa shape index (κ2) is 5.65. The van der Waals surface area contributed by atoms with Gasteiger partial charge in [0.2, 0.25) is 0 Å². The van der Waals surface area contributed by atoms with Gasteiger partial charge in [0.25, 0.3) is 0 Å². The van der Waals surface area contributed by atoms with Crippen LogP contribution in [0.15, 0.2) is 60.7 Å². The Bertz CT molecular complexity index is 534. The molecule has 0 aromatic heterocycles. The van der Waals surface area contributed by atoms with E-state index in [1.165, 1.54) is 11.1 Å². The van der Waals surface area contributed by atoms with Crippen molar-refractivity contribution in [1.82, 2.24) is 0 Å². The van der Waals surface area contributed by atoms with Gasteiger partial charge in [-0.2, -0.15) is 0 Å². The Morgan fingerprint density at radius 3 is 1.76 bits per heavy atom. The van der Waals surface area contributed by atoms with Gasteiger partial charge in [-0.1, -0.05) is 74.5 Å². The summed E-state index contributed by atoms with van der Waals surface area (Å²) in [5, 5.41) is 0. The van der Waals surface area contributed by atoms with Crippen LogP contribution >= 0.6 is 0 Å². The molecule has 1 aliphatic rings. The van der Waals surface area contributed by atoms with Gasteiger partial charge in [0.05, 0.1) is 12.2 Å². The highest BCUT2D eigenvalue weighted by Crippen LogP contribution is 2.48. The Morgan fingerprint density at radius 2 is 1.38 bits per heavy atom. The summed E-state index contributed by atoms with van der Waals surface area (Å²) in [4.78, 5) is 0. The number of rotatable bonds is 3. The molecule has 3 rings (SSSR count). The second-order valence-electron chi connectivity index (χ2n) is 6.47. The van der Waals surface area contributed by atoms with Gasteiger partial charge >= 0.3 is 0 Å². The summed E-state index contributed by atoms with van der Waals surface area (Å²) in [6, 6.07) is 21.7. The molecule has 1 heterocycles. The fraction of sp³-hybridized carbons (Fsp3) is 0.400. The van der Waals surface area contributed by atoms with Gasteiger partial charge in [-0.15, -0.1) is 0 Å². The van der Waals surface area contributed by atoms with Crippen molar-refractivity contribution in [1.29, 1.82) is 0 Å². The maximum Gasteiger partial charge on any atom is 0.0689 e. The van der Waals surface area contributed by atoms with Crippen molar-refractivity contribution in [3.63, 3.8) is 0 Å². The third-order valence-corrected chi connectivity index (χ3v) is 4.92. The fourth-order valence-corrected chi connectivity index (χ4v) is 3.65. The minimum absolute atomic E-state index is 0.0303. The van der Waals surface area contributed by atoms with E-state index in [0.29, 0.717) is 12.0 Å². The maximum absolute atomic E-state index is 6.35. The summed E-state index contributed by atoms with van der Waals surface area (Å²) < 4.78 is 6.35. The molecule has 1 aliphatic heterocycles. The van der Waals surface area contributed by atoms with E-state index in [1.54, 1.807) is 0 Å². The standard InChI is InChI=1S/C20H24O/c1-15(2)19-14-20(16(3)21-19,17-10-6-4-7-11-17)18-12-8-5-9-13-18/h4-13,15-16,19H,14H2,1-3H3/t16-,19?/m0/s1. The second-order valence-corrected chi connectivity index (χ2v) is 6.47. The third kappa shape index (κ3) is 2.40. The van der Waals surface area contributed by atoms with Crippen LogP contribution in [0.1, 0.15) is 38.3 Å². The van der Waals surface area contributed by atoms with Crippen LogP contribution < -0.4 is 0 Å². The lowest BCUT2D eigenvalue weighted by Crippen LogP contribution is -2.34. The van der Waals surface area contributed by atoms with Crippen LogP contribution in [-0.2, 0) is 10.2 Å². The van der Waals surface area contributed by atoms with E-state index >= 15 is 0 Å². The first-order valence-corrected chi connectivity index (χ1v) is 7.91. The third-order valence-electron chi connectivity index (χ3n) is 4.92. The van der Waals surface area contributed by atoms with Crippen LogP contribution in [-0.4, -0.2) is 12.2 Å². The van der Waals surface area contributed by atoms with Gasteiger partial charge in [-0.25, -0.2) is 0 Å². The summed E-state index contributed by atoms with van der Waals surface area (Å²) in [6.07, 6.45) is 1.56. The van der Waals surface area contributed by atoms with E-state index in [4.69, 9.17) is 4.74 Å². The molecule has 1 heteroatoms. The summed E-state index contributed by atoms with van der Waals surface area (Å²) in [5.41, 5.74) is 2.70. The Kier molecular flexibility index (Phi) is 3.86. The smallest absolute Gasteiger partial charge is 0.0689 e. The molecule has 1 unspecified atom stereocenters.